The molecule has 3 aromatic rings. The molecule has 0 radical (unpaired) electrons. The van der Waals surface area contributed by atoms with Crippen LogP contribution in [0.25, 0.3) is 22.2 Å². The Kier molecular flexibility index (Phi) is 3.70. The third-order valence-corrected chi connectivity index (χ3v) is 3.45. The molecule has 22 heavy (non-hydrogen) atoms. The summed E-state index contributed by atoms with van der Waals surface area (Å²) in [5, 5.41) is 12.1. The Morgan fingerprint density at radius 2 is 1.95 bits per heavy atom. The van der Waals surface area contributed by atoms with Crippen LogP contribution < -0.4 is 5.32 Å². The molecule has 2 heterocycles. The van der Waals surface area contributed by atoms with E-state index < -0.39 is 6.09 Å². The number of nitrogens with one attached hydrogen (secondary N) is 1. The lowest BCUT2D eigenvalue weighted by Gasteiger charge is -2.11. The highest BCUT2D eigenvalue weighted by atomic mass is 16.4. The van der Waals surface area contributed by atoms with Gasteiger partial charge in [-0.05, 0) is 25.1 Å². The molecule has 0 bridgehead atoms. The van der Waals surface area contributed by atoms with Crippen LogP contribution in [0.15, 0.2) is 54.7 Å². The molecule has 0 saturated heterocycles. The Morgan fingerprint density at radius 3 is 2.68 bits per heavy atom. The van der Waals surface area contributed by atoms with E-state index in [-0.39, 0.29) is 6.04 Å². The Morgan fingerprint density at radius 1 is 1.18 bits per heavy atom. The first-order valence-electron chi connectivity index (χ1n) is 6.95. The Labute approximate surface area is 127 Å². The van der Waals surface area contributed by atoms with Crippen LogP contribution in [0.5, 0.6) is 0 Å². The maximum absolute atomic E-state index is 10.7. The van der Waals surface area contributed by atoms with E-state index in [9.17, 15) is 4.79 Å². The van der Waals surface area contributed by atoms with Crippen LogP contribution >= 0.6 is 0 Å². The maximum atomic E-state index is 10.7. The second kappa shape index (κ2) is 5.81. The van der Waals surface area contributed by atoms with Crippen LogP contribution in [0.1, 0.15) is 18.7 Å². The quantitative estimate of drug-likeness (QED) is 0.773. The zero-order chi connectivity index (χ0) is 15.5. The standard InChI is InChI=1S/C17H15N3O2/c1-11(19-17(21)22)15-9-16-13(10-18-15)7-8-14(20-16)12-5-3-2-4-6-12/h2-11,19H,1H3,(H,21,22). The van der Waals surface area contributed by atoms with Gasteiger partial charge in [-0.15, -0.1) is 0 Å². The zero-order valence-corrected chi connectivity index (χ0v) is 12.0. The lowest BCUT2D eigenvalue weighted by Crippen LogP contribution is -2.25. The second-order valence-electron chi connectivity index (χ2n) is 5.04. The van der Waals surface area contributed by atoms with Crippen molar-refractivity contribution in [1.82, 2.24) is 15.3 Å². The van der Waals surface area contributed by atoms with Crippen molar-refractivity contribution < 1.29 is 9.90 Å². The number of pyridine rings is 2. The molecule has 1 unspecified atom stereocenters. The van der Waals surface area contributed by atoms with Gasteiger partial charge in [-0.25, -0.2) is 9.78 Å². The molecule has 2 N–H and O–H groups in total. The molecule has 5 nitrogen and oxygen atoms in total. The van der Waals surface area contributed by atoms with Crippen molar-refractivity contribution in [3.05, 3.63) is 60.4 Å². The molecule has 3 rings (SSSR count). The molecule has 5 heteroatoms. The van der Waals surface area contributed by atoms with E-state index >= 15 is 0 Å². The van der Waals surface area contributed by atoms with Gasteiger partial charge in [0.2, 0.25) is 0 Å². The van der Waals surface area contributed by atoms with Crippen LogP contribution in [0.4, 0.5) is 4.79 Å². The first-order valence-corrected chi connectivity index (χ1v) is 6.95. The summed E-state index contributed by atoms with van der Waals surface area (Å²) in [6.45, 7) is 1.75. The fourth-order valence-corrected chi connectivity index (χ4v) is 2.30. The van der Waals surface area contributed by atoms with Gasteiger partial charge in [0.15, 0.2) is 0 Å². The van der Waals surface area contributed by atoms with Crippen LogP contribution in [0.3, 0.4) is 0 Å². The number of amides is 1. The summed E-state index contributed by atoms with van der Waals surface area (Å²) in [7, 11) is 0. The SMILES string of the molecule is CC(NC(=O)O)c1cc2nc(-c3ccccc3)ccc2cn1. The van der Waals surface area contributed by atoms with Crippen LogP contribution in [-0.4, -0.2) is 21.2 Å². The topological polar surface area (TPSA) is 75.1 Å². The van der Waals surface area contributed by atoms with Crippen LogP contribution in [0, 0.1) is 0 Å². The van der Waals surface area contributed by atoms with Gasteiger partial charge in [-0.2, -0.15) is 0 Å². The lowest BCUT2D eigenvalue weighted by atomic mass is 10.1. The molecule has 0 saturated carbocycles. The first kappa shape index (κ1) is 14.0. The molecule has 1 amide bonds. The molecule has 1 aromatic carbocycles. The van der Waals surface area contributed by atoms with Gasteiger partial charge in [-0.1, -0.05) is 30.3 Å². The van der Waals surface area contributed by atoms with E-state index in [4.69, 9.17) is 5.11 Å². The maximum Gasteiger partial charge on any atom is 0.405 e. The molecular formula is C17H15N3O2. The molecule has 0 aliphatic rings. The van der Waals surface area contributed by atoms with Crippen molar-refractivity contribution in [1.29, 1.82) is 0 Å². The number of nitrogens with zero attached hydrogens (tertiary/aromatic N) is 2. The first-order chi connectivity index (χ1) is 10.6. The van der Waals surface area contributed by atoms with Gasteiger partial charge < -0.3 is 10.4 Å². The van der Waals surface area contributed by atoms with Gasteiger partial charge in [0.1, 0.15) is 0 Å². The Balaban J connectivity index is 2.01. The highest BCUT2D eigenvalue weighted by Gasteiger charge is 2.11. The number of carboxylic acid groups (broad SMARTS) is 1. The normalized spacial score (nSPS) is 12.0. The smallest absolute Gasteiger partial charge is 0.405 e. The van der Waals surface area contributed by atoms with Crippen molar-refractivity contribution in [2.45, 2.75) is 13.0 Å². The number of hydrogen-bond donors (Lipinski definition) is 2. The number of fused-ring (bicyclic) bond motifs is 1. The predicted octanol–water partition coefficient (Wildman–Crippen LogP) is 3.63. The van der Waals surface area contributed by atoms with Gasteiger partial charge in [-0.3, -0.25) is 4.98 Å². The van der Waals surface area contributed by atoms with E-state index in [1.54, 1.807) is 13.1 Å². The highest BCUT2D eigenvalue weighted by Crippen LogP contribution is 2.22. The Bertz CT molecular complexity index is 819. The molecule has 0 aliphatic carbocycles. The van der Waals surface area contributed by atoms with E-state index in [0.29, 0.717) is 5.69 Å². The highest BCUT2D eigenvalue weighted by molar-refractivity contribution is 5.81. The minimum atomic E-state index is -1.07. The summed E-state index contributed by atoms with van der Waals surface area (Å²) in [6, 6.07) is 15.3. The second-order valence-corrected chi connectivity index (χ2v) is 5.04. The fourth-order valence-electron chi connectivity index (χ4n) is 2.30. The summed E-state index contributed by atoms with van der Waals surface area (Å²) in [5.41, 5.74) is 3.36. The average molecular weight is 293 g/mol. The third-order valence-electron chi connectivity index (χ3n) is 3.45. The van der Waals surface area contributed by atoms with Crippen molar-refractivity contribution in [2.24, 2.45) is 0 Å². The summed E-state index contributed by atoms with van der Waals surface area (Å²) in [4.78, 5) is 19.7. The average Bonchev–Trinajstić information content (AvgIpc) is 2.54. The summed E-state index contributed by atoms with van der Waals surface area (Å²) >= 11 is 0. The number of rotatable bonds is 3. The molecule has 110 valence electrons. The van der Waals surface area contributed by atoms with Crippen molar-refractivity contribution in [3.63, 3.8) is 0 Å². The number of carbonyl (C=O) groups is 1. The lowest BCUT2D eigenvalue weighted by molar-refractivity contribution is 0.190. The minimum absolute atomic E-state index is 0.385. The number of hydrogen-bond acceptors (Lipinski definition) is 3. The summed E-state index contributed by atoms with van der Waals surface area (Å²) in [5.74, 6) is 0. The van der Waals surface area contributed by atoms with E-state index in [1.165, 1.54) is 0 Å². The molecule has 0 fully saturated rings. The van der Waals surface area contributed by atoms with E-state index in [2.05, 4.69) is 15.3 Å². The van der Waals surface area contributed by atoms with E-state index in [1.807, 2.05) is 48.5 Å². The van der Waals surface area contributed by atoms with E-state index in [0.717, 1.165) is 22.2 Å². The molecule has 0 spiro atoms. The van der Waals surface area contributed by atoms with Crippen molar-refractivity contribution in [3.8, 4) is 11.3 Å². The number of aromatic nitrogens is 2. The molecule has 0 aliphatic heterocycles. The summed E-state index contributed by atoms with van der Waals surface area (Å²) < 4.78 is 0. The minimum Gasteiger partial charge on any atom is -0.465 e. The molecule has 2 aromatic heterocycles. The number of benzene rings is 1. The predicted molar refractivity (Wildman–Crippen MR) is 84.5 cm³/mol. The largest absolute Gasteiger partial charge is 0.465 e. The van der Waals surface area contributed by atoms with Crippen LogP contribution in [-0.2, 0) is 0 Å². The monoisotopic (exact) mass is 293 g/mol. The fraction of sp³-hybridized carbons (Fsp3) is 0.118. The van der Waals surface area contributed by atoms with Gasteiger partial charge >= 0.3 is 6.09 Å². The van der Waals surface area contributed by atoms with Crippen LogP contribution in [0.2, 0.25) is 0 Å². The zero-order valence-electron chi connectivity index (χ0n) is 12.0. The Hall–Kier alpha value is -2.95. The summed E-state index contributed by atoms with van der Waals surface area (Å²) in [6.07, 6.45) is 0.646. The van der Waals surface area contributed by atoms with Crippen molar-refractivity contribution >= 4 is 17.0 Å². The van der Waals surface area contributed by atoms with Gasteiger partial charge in [0.25, 0.3) is 0 Å². The van der Waals surface area contributed by atoms with Gasteiger partial charge in [0, 0.05) is 17.1 Å². The molecule has 1 atom stereocenters. The molecular weight excluding hydrogens is 278 g/mol. The third kappa shape index (κ3) is 2.88. The van der Waals surface area contributed by atoms with Crippen molar-refractivity contribution in [2.75, 3.05) is 0 Å². The van der Waals surface area contributed by atoms with Gasteiger partial charge in [0.05, 0.1) is 22.9 Å².